The van der Waals surface area contributed by atoms with Gasteiger partial charge in [0.05, 0.1) is 11.9 Å². The Morgan fingerprint density at radius 3 is 2.45 bits per heavy atom. The maximum Gasteiger partial charge on any atom is 0.140 e. The van der Waals surface area contributed by atoms with E-state index >= 15 is 0 Å². The van der Waals surface area contributed by atoms with Gasteiger partial charge in [0, 0.05) is 25.9 Å². The molecule has 0 bridgehead atoms. The Balaban J connectivity index is 1.55. The summed E-state index contributed by atoms with van der Waals surface area (Å²) in [5.41, 5.74) is 1.46. The van der Waals surface area contributed by atoms with E-state index in [1.807, 2.05) is 12.1 Å². The van der Waals surface area contributed by atoms with Crippen molar-refractivity contribution in [3.05, 3.63) is 54.1 Å². The maximum atomic E-state index is 12.9. The van der Waals surface area contributed by atoms with Crippen molar-refractivity contribution in [3.63, 3.8) is 0 Å². The highest BCUT2D eigenvalue weighted by Crippen LogP contribution is 2.23. The molecule has 4 nitrogen and oxygen atoms in total. The van der Waals surface area contributed by atoms with Gasteiger partial charge in [0.15, 0.2) is 0 Å². The number of ether oxygens (including phenoxy) is 1. The summed E-state index contributed by atoms with van der Waals surface area (Å²) in [5, 5.41) is 8.76. The van der Waals surface area contributed by atoms with Gasteiger partial charge in [-0.2, -0.15) is 5.26 Å². The lowest BCUT2D eigenvalue weighted by Gasteiger charge is -2.33. The van der Waals surface area contributed by atoms with Crippen molar-refractivity contribution in [3.8, 4) is 11.8 Å². The number of rotatable bonds is 3. The van der Waals surface area contributed by atoms with Crippen molar-refractivity contribution in [2.75, 3.05) is 18.0 Å². The van der Waals surface area contributed by atoms with Gasteiger partial charge >= 0.3 is 0 Å². The minimum atomic E-state index is -0.254. The van der Waals surface area contributed by atoms with Gasteiger partial charge in [0.25, 0.3) is 0 Å². The van der Waals surface area contributed by atoms with Crippen LogP contribution in [0.5, 0.6) is 5.75 Å². The first-order valence-corrected chi connectivity index (χ1v) is 7.28. The van der Waals surface area contributed by atoms with Crippen LogP contribution in [0.3, 0.4) is 0 Å². The molecular weight excluding hydrogens is 281 g/mol. The molecule has 22 heavy (non-hydrogen) atoms. The molecule has 1 fully saturated rings. The van der Waals surface area contributed by atoms with Crippen LogP contribution in [0, 0.1) is 17.1 Å². The second-order valence-electron chi connectivity index (χ2n) is 5.27. The predicted octanol–water partition coefficient (Wildman–Crippen LogP) is 3.14. The van der Waals surface area contributed by atoms with Gasteiger partial charge in [0.2, 0.25) is 0 Å². The van der Waals surface area contributed by atoms with Crippen molar-refractivity contribution in [1.82, 2.24) is 4.98 Å². The number of hydrogen-bond donors (Lipinski definition) is 0. The molecule has 0 radical (unpaired) electrons. The fourth-order valence-electron chi connectivity index (χ4n) is 2.58. The van der Waals surface area contributed by atoms with Crippen LogP contribution in [0.15, 0.2) is 42.6 Å². The van der Waals surface area contributed by atoms with Crippen molar-refractivity contribution < 1.29 is 9.13 Å². The molecule has 0 atom stereocenters. The SMILES string of the molecule is N#Cc1ccc(N2CCC(Oc3ccc(F)cc3)CC2)cn1. The number of halogens is 1. The lowest BCUT2D eigenvalue weighted by molar-refractivity contribution is 0.171. The Labute approximate surface area is 128 Å². The number of nitrogens with zero attached hydrogens (tertiary/aromatic N) is 3. The highest BCUT2D eigenvalue weighted by Gasteiger charge is 2.21. The van der Waals surface area contributed by atoms with Gasteiger partial charge in [-0.25, -0.2) is 9.37 Å². The first-order chi connectivity index (χ1) is 10.7. The van der Waals surface area contributed by atoms with Crippen LogP contribution in [0.1, 0.15) is 18.5 Å². The van der Waals surface area contributed by atoms with Crippen molar-refractivity contribution in [2.24, 2.45) is 0 Å². The molecule has 1 saturated heterocycles. The summed E-state index contributed by atoms with van der Waals surface area (Å²) in [5.74, 6) is 0.454. The molecule has 1 aliphatic rings. The van der Waals surface area contributed by atoms with Gasteiger partial charge in [-0.15, -0.1) is 0 Å². The summed E-state index contributed by atoms with van der Waals surface area (Å²) in [6.07, 6.45) is 3.68. The molecule has 2 heterocycles. The van der Waals surface area contributed by atoms with E-state index in [9.17, 15) is 4.39 Å². The molecular formula is C17H16FN3O. The normalized spacial score (nSPS) is 15.4. The van der Waals surface area contributed by atoms with E-state index in [4.69, 9.17) is 10.00 Å². The van der Waals surface area contributed by atoms with E-state index in [1.165, 1.54) is 12.1 Å². The number of piperidine rings is 1. The van der Waals surface area contributed by atoms with Crippen LogP contribution in [0.25, 0.3) is 0 Å². The van der Waals surface area contributed by atoms with Crippen LogP contribution in [0.2, 0.25) is 0 Å². The number of hydrogen-bond acceptors (Lipinski definition) is 4. The number of pyridine rings is 1. The molecule has 2 aromatic rings. The maximum absolute atomic E-state index is 12.9. The van der Waals surface area contributed by atoms with Crippen molar-refractivity contribution in [1.29, 1.82) is 5.26 Å². The molecule has 0 amide bonds. The van der Waals surface area contributed by atoms with E-state index in [0.29, 0.717) is 11.4 Å². The Hall–Kier alpha value is -2.61. The zero-order chi connectivity index (χ0) is 15.4. The van der Waals surface area contributed by atoms with E-state index < -0.39 is 0 Å². The molecule has 5 heteroatoms. The molecule has 0 N–H and O–H groups in total. The Morgan fingerprint density at radius 1 is 1.14 bits per heavy atom. The summed E-state index contributed by atoms with van der Waals surface area (Å²) in [6, 6.07) is 11.8. The Kier molecular flexibility index (Phi) is 4.19. The number of aromatic nitrogens is 1. The number of benzene rings is 1. The third kappa shape index (κ3) is 3.34. The third-order valence-electron chi connectivity index (χ3n) is 3.79. The second kappa shape index (κ2) is 6.44. The van der Waals surface area contributed by atoms with Crippen LogP contribution >= 0.6 is 0 Å². The Bertz CT molecular complexity index is 656. The predicted molar refractivity (Wildman–Crippen MR) is 81.2 cm³/mol. The minimum Gasteiger partial charge on any atom is -0.490 e. The molecule has 1 aliphatic heterocycles. The average molecular weight is 297 g/mol. The zero-order valence-corrected chi connectivity index (χ0v) is 12.1. The fraction of sp³-hybridized carbons (Fsp3) is 0.294. The second-order valence-corrected chi connectivity index (χ2v) is 5.27. The van der Waals surface area contributed by atoms with Gasteiger partial charge in [-0.05, 0) is 36.4 Å². The molecule has 0 unspecified atom stereocenters. The molecule has 0 saturated carbocycles. The topological polar surface area (TPSA) is 49.2 Å². The molecule has 1 aromatic carbocycles. The molecule has 0 spiro atoms. The van der Waals surface area contributed by atoms with Gasteiger partial charge in [-0.1, -0.05) is 0 Å². The van der Waals surface area contributed by atoms with Crippen LogP contribution < -0.4 is 9.64 Å². The lowest BCUT2D eigenvalue weighted by Crippen LogP contribution is -2.38. The van der Waals surface area contributed by atoms with E-state index in [0.717, 1.165) is 31.6 Å². The highest BCUT2D eigenvalue weighted by molar-refractivity contribution is 5.46. The van der Waals surface area contributed by atoms with Crippen molar-refractivity contribution >= 4 is 5.69 Å². The Morgan fingerprint density at radius 2 is 1.86 bits per heavy atom. The monoisotopic (exact) mass is 297 g/mol. The molecule has 1 aromatic heterocycles. The van der Waals surface area contributed by atoms with Crippen LogP contribution in [-0.4, -0.2) is 24.2 Å². The summed E-state index contributed by atoms with van der Waals surface area (Å²) in [6.45, 7) is 1.75. The van der Waals surface area contributed by atoms with E-state index in [-0.39, 0.29) is 11.9 Å². The third-order valence-corrected chi connectivity index (χ3v) is 3.79. The van der Waals surface area contributed by atoms with Crippen molar-refractivity contribution in [2.45, 2.75) is 18.9 Å². The molecule has 3 rings (SSSR count). The first-order valence-electron chi connectivity index (χ1n) is 7.28. The lowest BCUT2D eigenvalue weighted by atomic mass is 10.1. The summed E-state index contributed by atoms with van der Waals surface area (Å²) >= 11 is 0. The zero-order valence-electron chi connectivity index (χ0n) is 12.1. The first kappa shape index (κ1) is 14.3. The molecule has 0 aliphatic carbocycles. The van der Waals surface area contributed by atoms with Gasteiger partial charge < -0.3 is 9.64 Å². The quantitative estimate of drug-likeness (QED) is 0.873. The average Bonchev–Trinajstić information content (AvgIpc) is 2.58. The highest BCUT2D eigenvalue weighted by atomic mass is 19.1. The summed E-state index contributed by atoms with van der Waals surface area (Å²) in [7, 11) is 0. The summed E-state index contributed by atoms with van der Waals surface area (Å²) in [4.78, 5) is 6.33. The number of anilines is 1. The van der Waals surface area contributed by atoms with E-state index in [2.05, 4.69) is 9.88 Å². The fourth-order valence-corrected chi connectivity index (χ4v) is 2.58. The van der Waals surface area contributed by atoms with Gasteiger partial charge in [-0.3, -0.25) is 0 Å². The van der Waals surface area contributed by atoms with Crippen LogP contribution in [0.4, 0.5) is 10.1 Å². The smallest absolute Gasteiger partial charge is 0.140 e. The molecule has 112 valence electrons. The van der Waals surface area contributed by atoms with E-state index in [1.54, 1.807) is 24.4 Å². The standard InChI is InChI=1S/C17H16FN3O/c18-13-1-5-16(6-2-13)22-17-7-9-21(10-8-17)15-4-3-14(11-19)20-12-15/h1-6,12,17H,7-10H2. The minimum absolute atomic E-state index is 0.146. The summed E-state index contributed by atoms with van der Waals surface area (Å²) < 4.78 is 18.7. The van der Waals surface area contributed by atoms with Gasteiger partial charge in [0.1, 0.15) is 29.4 Å². The largest absolute Gasteiger partial charge is 0.490 e. The number of nitriles is 1. The van der Waals surface area contributed by atoms with Crippen LogP contribution in [-0.2, 0) is 0 Å².